The maximum atomic E-state index is 3.47. The fraction of sp³-hybridized carbons (Fsp3) is 0.250. The molecule has 0 atom stereocenters. The zero-order chi connectivity index (χ0) is 13.0. The highest BCUT2D eigenvalue weighted by Crippen LogP contribution is 2.19. The molecule has 2 heteroatoms. The molecule has 0 saturated heterocycles. The summed E-state index contributed by atoms with van der Waals surface area (Å²) in [5.41, 5.74) is 3.93. The SMILES string of the molecule is CCN(Cc1ccc(Br)cc1)c1cccc(C)c1. The van der Waals surface area contributed by atoms with Gasteiger partial charge in [0.05, 0.1) is 0 Å². The van der Waals surface area contributed by atoms with Crippen LogP contribution < -0.4 is 4.90 Å². The maximum Gasteiger partial charge on any atom is 0.0429 e. The van der Waals surface area contributed by atoms with Crippen LogP contribution in [0, 0.1) is 6.92 Å². The standard InChI is InChI=1S/C16H18BrN/c1-3-18(16-6-4-5-13(2)11-16)12-14-7-9-15(17)10-8-14/h4-11H,3,12H2,1-2H3. The van der Waals surface area contributed by atoms with Crippen molar-refractivity contribution >= 4 is 21.6 Å². The van der Waals surface area contributed by atoms with E-state index in [1.807, 2.05) is 0 Å². The molecule has 0 unspecified atom stereocenters. The Kier molecular flexibility index (Phi) is 4.43. The molecule has 0 heterocycles. The molecule has 0 aliphatic heterocycles. The number of nitrogens with zero attached hydrogens (tertiary/aromatic N) is 1. The van der Waals surface area contributed by atoms with Gasteiger partial charge < -0.3 is 4.90 Å². The lowest BCUT2D eigenvalue weighted by Gasteiger charge is -2.23. The Bertz CT molecular complexity index is 505. The normalized spacial score (nSPS) is 10.4. The van der Waals surface area contributed by atoms with E-state index in [9.17, 15) is 0 Å². The number of benzene rings is 2. The summed E-state index contributed by atoms with van der Waals surface area (Å²) in [4.78, 5) is 2.39. The predicted molar refractivity (Wildman–Crippen MR) is 82.0 cm³/mol. The van der Waals surface area contributed by atoms with Gasteiger partial charge in [0, 0.05) is 23.2 Å². The number of anilines is 1. The zero-order valence-electron chi connectivity index (χ0n) is 10.9. The molecule has 18 heavy (non-hydrogen) atoms. The topological polar surface area (TPSA) is 3.24 Å². The quantitative estimate of drug-likeness (QED) is 0.785. The third-order valence-electron chi connectivity index (χ3n) is 3.04. The van der Waals surface area contributed by atoms with Crippen molar-refractivity contribution in [1.82, 2.24) is 0 Å². The van der Waals surface area contributed by atoms with Crippen molar-refractivity contribution in [2.24, 2.45) is 0 Å². The van der Waals surface area contributed by atoms with Crippen LogP contribution in [0.4, 0.5) is 5.69 Å². The van der Waals surface area contributed by atoms with Crippen LogP contribution in [0.2, 0.25) is 0 Å². The minimum absolute atomic E-state index is 0.952. The van der Waals surface area contributed by atoms with E-state index in [1.165, 1.54) is 16.8 Å². The van der Waals surface area contributed by atoms with Crippen LogP contribution in [0.5, 0.6) is 0 Å². The first-order chi connectivity index (χ1) is 8.69. The van der Waals surface area contributed by atoms with E-state index >= 15 is 0 Å². The molecule has 94 valence electrons. The highest BCUT2D eigenvalue weighted by atomic mass is 79.9. The summed E-state index contributed by atoms with van der Waals surface area (Å²) < 4.78 is 1.13. The van der Waals surface area contributed by atoms with Crippen molar-refractivity contribution in [2.45, 2.75) is 20.4 Å². The maximum absolute atomic E-state index is 3.47. The van der Waals surface area contributed by atoms with Gasteiger partial charge in [0.2, 0.25) is 0 Å². The van der Waals surface area contributed by atoms with Gasteiger partial charge in [-0.05, 0) is 49.2 Å². The molecule has 0 saturated carbocycles. The number of hydrogen-bond acceptors (Lipinski definition) is 1. The average Bonchev–Trinajstić information content (AvgIpc) is 2.38. The Labute approximate surface area is 118 Å². The molecule has 0 bridgehead atoms. The van der Waals surface area contributed by atoms with Crippen LogP contribution in [-0.4, -0.2) is 6.54 Å². The van der Waals surface area contributed by atoms with E-state index < -0.39 is 0 Å². The predicted octanol–water partition coefficient (Wildman–Crippen LogP) is 4.78. The zero-order valence-corrected chi connectivity index (χ0v) is 12.4. The van der Waals surface area contributed by atoms with Crippen LogP contribution >= 0.6 is 15.9 Å². The van der Waals surface area contributed by atoms with E-state index in [2.05, 4.69) is 83.2 Å². The van der Waals surface area contributed by atoms with Crippen molar-refractivity contribution in [3.63, 3.8) is 0 Å². The number of hydrogen-bond donors (Lipinski definition) is 0. The molecule has 1 nitrogen and oxygen atoms in total. The van der Waals surface area contributed by atoms with E-state index in [-0.39, 0.29) is 0 Å². The third kappa shape index (κ3) is 3.36. The van der Waals surface area contributed by atoms with Gasteiger partial charge in [-0.2, -0.15) is 0 Å². The van der Waals surface area contributed by atoms with Crippen molar-refractivity contribution in [3.05, 3.63) is 64.1 Å². The Morgan fingerprint density at radius 1 is 1.06 bits per heavy atom. The summed E-state index contributed by atoms with van der Waals surface area (Å²) in [5.74, 6) is 0. The summed E-state index contributed by atoms with van der Waals surface area (Å²) in [6, 6.07) is 17.2. The summed E-state index contributed by atoms with van der Waals surface area (Å²) in [6.07, 6.45) is 0. The molecule has 0 aliphatic rings. The van der Waals surface area contributed by atoms with Gasteiger partial charge in [-0.15, -0.1) is 0 Å². The number of halogens is 1. The first kappa shape index (κ1) is 13.2. The lowest BCUT2D eigenvalue weighted by molar-refractivity contribution is 0.831. The molecule has 0 spiro atoms. The van der Waals surface area contributed by atoms with Gasteiger partial charge >= 0.3 is 0 Å². The summed E-state index contributed by atoms with van der Waals surface area (Å²) in [7, 11) is 0. The van der Waals surface area contributed by atoms with Crippen molar-refractivity contribution in [2.75, 3.05) is 11.4 Å². The second kappa shape index (κ2) is 6.05. The number of rotatable bonds is 4. The van der Waals surface area contributed by atoms with Crippen molar-refractivity contribution in [3.8, 4) is 0 Å². The average molecular weight is 304 g/mol. The lowest BCUT2D eigenvalue weighted by atomic mass is 10.1. The third-order valence-corrected chi connectivity index (χ3v) is 3.56. The molecular weight excluding hydrogens is 286 g/mol. The molecule has 0 fully saturated rings. The van der Waals surface area contributed by atoms with Crippen LogP contribution in [0.25, 0.3) is 0 Å². The van der Waals surface area contributed by atoms with E-state index in [1.54, 1.807) is 0 Å². The lowest BCUT2D eigenvalue weighted by Crippen LogP contribution is -2.21. The second-order valence-corrected chi connectivity index (χ2v) is 5.40. The van der Waals surface area contributed by atoms with Crippen LogP contribution in [0.3, 0.4) is 0 Å². The molecule has 0 aliphatic carbocycles. The Morgan fingerprint density at radius 3 is 2.39 bits per heavy atom. The minimum Gasteiger partial charge on any atom is -0.367 e. The minimum atomic E-state index is 0.952. The number of aryl methyl sites for hydroxylation is 1. The fourth-order valence-electron chi connectivity index (χ4n) is 2.02. The summed E-state index contributed by atoms with van der Waals surface area (Å²) >= 11 is 3.47. The highest BCUT2D eigenvalue weighted by Gasteiger charge is 2.05. The van der Waals surface area contributed by atoms with Gasteiger partial charge in [0.25, 0.3) is 0 Å². The molecule has 0 aromatic heterocycles. The summed E-state index contributed by atoms with van der Waals surface area (Å²) in [6.45, 7) is 6.30. The van der Waals surface area contributed by atoms with Gasteiger partial charge in [-0.1, -0.05) is 40.2 Å². The van der Waals surface area contributed by atoms with Crippen molar-refractivity contribution < 1.29 is 0 Å². The molecule has 2 aromatic rings. The van der Waals surface area contributed by atoms with Gasteiger partial charge in [-0.25, -0.2) is 0 Å². The smallest absolute Gasteiger partial charge is 0.0429 e. The molecular formula is C16H18BrN. The molecule has 2 rings (SSSR count). The Balaban J connectivity index is 2.17. The fourth-order valence-corrected chi connectivity index (χ4v) is 2.28. The van der Waals surface area contributed by atoms with Crippen LogP contribution in [-0.2, 0) is 6.54 Å². The molecule has 0 N–H and O–H groups in total. The second-order valence-electron chi connectivity index (χ2n) is 4.48. The van der Waals surface area contributed by atoms with Gasteiger partial charge in [0.1, 0.15) is 0 Å². The van der Waals surface area contributed by atoms with E-state index in [0.717, 1.165) is 17.6 Å². The van der Waals surface area contributed by atoms with Crippen molar-refractivity contribution in [1.29, 1.82) is 0 Å². The molecule has 0 radical (unpaired) electrons. The van der Waals surface area contributed by atoms with Gasteiger partial charge in [-0.3, -0.25) is 0 Å². The Hall–Kier alpha value is -1.28. The summed E-state index contributed by atoms with van der Waals surface area (Å²) in [5, 5.41) is 0. The van der Waals surface area contributed by atoms with E-state index in [0.29, 0.717) is 0 Å². The van der Waals surface area contributed by atoms with Crippen LogP contribution in [0.1, 0.15) is 18.1 Å². The Morgan fingerprint density at radius 2 is 1.78 bits per heavy atom. The first-order valence-electron chi connectivity index (χ1n) is 6.25. The molecule has 0 amide bonds. The first-order valence-corrected chi connectivity index (χ1v) is 7.04. The van der Waals surface area contributed by atoms with Crippen LogP contribution in [0.15, 0.2) is 53.0 Å². The van der Waals surface area contributed by atoms with Gasteiger partial charge in [0.15, 0.2) is 0 Å². The highest BCUT2D eigenvalue weighted by molar-refractivity contribution is 9.10. The van der Waals surface area contributed by atoms with E-state index in [4.69, 9.17) is 0 Å². The largest absolute Gasteiger partial charge is 0.367 e. The molecule has 2 aromatic carbocycles. The monoisotopic (exact) mass is 303 g/mol.